The Balaban J connectivity index is 1.63. The minimum Gasteiger partial charge on any atom is -0.465 e. The molecule has 2 aromatic rings. The second-order valence-corrected chi connectivity index (χ2v) is 11.4. The molecular weight excluding hydrogens is 525 g/mol. The van der Waals surface area contributed by atoms with Gasteiger partial charge in [-0.2, -0.15) is 0 Å². The number of carbonyl (C=O) groups excluding carboxylic acids is 1. The molecule has 2 atom stereocenters. The third-order valence-electron chi connectivity index (χ3n) is 8.71. The summed E-state index contributed by atoms with van der Waals surface area (Å²) >= 11 is 0. The Bertz CT molecular complexity index is 1190. The van der Waals surface area contributed by atoms with Gasteiger partial charge in [-0.15, -0.1) is 0 Å². The summed E-state index contributed by atoms with van der Waals surface area (Å²) in [6.07, 6.45) is 2.97. The van der Waals surface area contributed by atoms with E-state index < -0.39 is 23.6 Å². The number of aryl methyl sites for hydroxylation is 1. The Morgan fingerprint density at radius 1 is 1.15 bits per heavy atom. The molecule has 41 heavy (non-hydrogen) atoms. The summed E-state index contributed by atoms with van der Waals surface area (Å²) in [5.41, 5.74) is 0.713. The van der Waals surface area contributed by atoms with E-state index in [-0.39, 0.29) is 37.9 Å². The van der Waals surface area contributed by atoms with Gasteiger partial charge in [-0.3, -0.25) is 4.79 Å². The van der Waals surface area contributed by atoms with Crippen molar-refractivity contribution in [2.75, 3.05) is 39.8 Å². The molecule has 4 N–H and O–H groups in total. The second-order valence-electron chi connectivity index (χ2n) is 11.4. The molecule has 2 amide bonds. The Labute approximate surface area is 242 Å². The predicted molar refractivity (Wildman–Crippen MR) is 156 cm³/mol. The van der Waals surface area contributed by atoms with Crippen LogP contribution in [0.1, 0.15) is 56.6 Å². The van der Waals surface area contributed by atoms with Gasteiger partial charge in [0.05, 0.1) is 13.2 Å². The van der Waals surface area contributed by atoms with Crippen LogP contribution in [0, 0.1) is 17.7 Å². The van der Waals surface area contributed by atoms with E-state index in [0.29, 0.717) is 35.6 Å². The van der Waals surface area contributed by atoms with Gasteiger partial charge in [0.1, 0.15) is 17.5 Å². The Morgan fingerprint density at radius 2 is 1.90 bits per heavy atom. The lowest BCUT2D eigenvalue weighted by Crippen LogP contribution is -2.55. The van der Waals surface area contributed by atoms with Crippen LogP contribution in [-0.4, -0.2) is 73.1 Å². The number of ether oxygens (including phenoxy) is 1. The second kappa shape index (κ2) is 14.2. The number of nitrogens with zero attached hydrogens (tertiary/aromatic N) is 1. The van der Waals surface area contributed by atoms with Crippen LogP contribution in [0.3, 0.4) is 0 Å². The van der Waals surface area contributed by atoms with Gasteiger partial charge in [0.15, 0.2) is 0 Å². The lowest BCUT2D eigenvalue weighted by Gasteiger charge is -2.44. The zero-order valence-electron chi connectivity index (χ0n) is 24.2. The minimum atomic E-state index is -1.66. The van der Waals surface area contributed by atoms with Crippen molar-refractivity contribution in [3.63, 3.8) is 0 Å². The highest BCUT2D eigenvalue weighted by molar-refractivity contribution is 5.79. The number of carboxylic acid groups (broad SMARTS) is 1. The van der Waals surface area contributed by atoms with Crippen LogP contribution >= 0.6 is 0 Å². The first-order valence-electron chi connectivity index (χ1n) is 14.9. The number of carbonyl (C=O) groups is 2. The summed E-state index contributed by atoms with van der Waals surface area (Å²) in [5, 5.41) is 27.1. The van der Waals surface area contributed by atoms with Crippen molar-refractivity contribution in [1.29, 1.82) is 0 Å². The van der Waals surface area contributed by atoms with Gasteiger partial charge < -0.3 is 30.5 Å². The lowest BCUT2D eigenvalue weighted by atomic mass is 9.78. The van der Waals surface area contributed by atoms with E-state index >= 15 is 4.39 Å². The molecule has 0 aromatic heterocycles. The fourth-order valence-electron chi connectivity index (χ4n) is 6.45. The number of morpholine rings is 1. The molecule has 9 heteroatoms. The van der Waals surface area contributed by atoms with Gasteiger partial charge in [0.25, 0.3) is 0 Å². The van der Waals surface area contributed by atoms with Crippen LogP contribution in [0.4, 0.5) is 9.18 Å². The van der Waals surface area contributed by atoms with E-state index in [2.05, 4.69) is 10.6 Å². The Morgan fingerprint density at radius 3 is 2.61 bits per heavy atom. The predicted octanol–water partition coefficient (Wildman–Crippen LogP) is 4.54. The van der Waals surface area contributed by atoms with Gasteiger partial charge in [0, 0.05) is 24.6 Å². The third kappa shape index (κ3) is 7.45. The summed E-state index contributed by atoms with van der Waals surface area (Å²) < 4.78 is 21.7. The maximum atomic E-state index is 15.6. The molecule has 1 saturated heterocycles. The molecule has 0 bridgehead atoms. The van der Waals surface area contributed by atoms with Crippen molar-refractivity contribution >= 4 is 12.0 Å². The standard InChI is InChI=1S/C32H44FN3O5/c1-3-22-7-4-8-25(19-22)29-26(9-5-10-27(29)33)32(40,15-6-16-35-31(38)39)28-21-36(17-18-41-28)30(37)24-13-11-23(12-14-24)20-34-2/h4-5,7-10,19,23-24,28,34-35,40H,3,6,11-18,20-21H2,1-2H3,(H,38,39)/t23-,24-,28-,32-/m1/s1. The lowest BCUT2D eigenvalue weighted by molar-refractivity contribution is -0.168. The largest absolute Gasteiger partial charge is 0.465 e. The molecule has 1 saturated carbocycles. The molecule has 8 nitrogen and oxygen atoms in total. The van der Waals surface area contributed by atoms with E-state index in [1.165, 1.54) is 6.07 Å². The van der Waals surface area contributed by atoms with E-state index in [9.17, 15) is 14.7 Å². The molecule has 2 fully saturated rings. The summed E-state index contributed by atoms with van der Waals surface area (Å²) in [6, 6.07) is 12.3. The van der Waals surface area contributed by atoms with Crippen LogP contribution in [0.25, 0.3) is 11.1 Å². The summed E-state index contributed by atoms with van der Waals surface area (Å²) in [6.45, 7) is 4.00. The number of halogens is 1. The molecule has 1 aliphatic carbocycles. The highest BCUT2D eigenvalue weighted by atomic mass is 19.1. The smallest absolute Gasteiger partial charge is 0.404 e. The van der Waals surface area contributed by atoms with E-state index in [1.807, 2.05) is 38.2 Å². The zero-order chi connectivity index (χ0) is 29.4. The third-order valence-corrected chi connectivity index (χ3v) is 8.71. The van der Waals surface area contributed by atoms with E-state index in [0.717, 1.165) is 44.2 Å². The normalized spacial score (nSPS) is 22.6. The molecule has 0 radical (unpaired) electrons. The van der Waals surface area contributed by atoms with E-state index in [4.69, 9.17) is 9.84 Å². The van der Waals surface area contributed by atoms with Crippen molar-refractivity contribution in [3.8, 4) is 11.1 Å². The van der Waals surface area contributed by atoms with Crippen molar-refractivity contribution in [1.82, 2.24) is 15.5 Å². The van der Waals surface area contributed by atoms with Crippen molar-refractivity contribution < 1.29 is 28.9 Å². The van der Waals surface area contributed by atoms with Gasteiger partial charge in [-0.05, 0) is 87.2 Å². The van der Waals surface area contributed by atoms with Crippen LogP contribution in [0.5, 0.6) is 0 Å². The number of nitrogens with one attached hydrogen (secondary N) is 2. The highest BCUT2D eigenvalue weighted by Crippen LogP contribution is 2.41. The van der Waals surface area contributed by atoms with Crippen molar-refractivity contribution in [3.05, 3.63) is 59.4 Å². The van der Waals surface area contributed by atoms with E-state index in [1.54, 1.807) is 17.0 Å². The number of amides is 2. The molecule has 0 spiro atoms. The monoisotopic (exact) mass is 569 g/mol. The molecule has 1 heterocycles. The molecule has 1 aliphatic heterocycles. The van der Waals surface area contributed by atoms with Gasteiger partial charge in [0.2, 0.25) is 5.91 Å². The Kier molecular flexibility index (Phi) is 10.8. The van der Waals surface area contributed by atoms with Crippen LogP contribution in [-0.2, 0) is 21.6 Å². The number of aliphatic hydroxyl groups is 1. The van der Waals surface area contributed by atoms with Crippen LogP contribution in [0.2, 0.25) is 0 Å². The molecule has 2 aliphatic rings. The summed E-state index contributed by atoms with van der Waals surface area (Å²) in [5.74, 6) is 0.172. The van der Waals surface area contributed by atoms with Gasteiger partial charge >= 0.3 is 6.09 Å². The average Bonchev–Trinajstić information content (AvgIpc) is 2.99. The Hall–Kier alpha value is -3.01. The van der Waals surface area contributed by atoms with Gasteiger partial charge in [-0.1, -0.05) is 43.3 Å². The van der Waals surface area contributed by atoms with Crippen LogP contribution < -0.4 is 10.6 Å². The average molecular weight is 570 g/mol. The number of hydrogen-bond donors (Lipinski definition) is 4. The number of benzene rings is 2. The molecular formula is C32H44FN3O5. The van der Waals surface area contributed by atoms with Gasteiger partial charge in [-0.25, -0.2) is 9.18 Å². The molecule has 0 unspecified atom stereocenters. The first-order valence-corrected chi connectivity index (χ1v) is 14.9. The SMILES string of the molecule is CCc1cccc(-c2c(F)cccc2[C@](O)(CCCNC(=O)O)[C@H]2CN(C(=O)[C@H]3CC[C@H](CNC)CC3)CCO2)c1. The number of hydrogen-bond acceptors (Lipinski definition) is 5. The van der Waals surface area contributed by atoms with Crippen LogP contribution in [0.15, 0.2) is 42.5 Å². The molecule has 4 rings (SSSR count). The fraction of sp³-hybridized carbons (Fsp3) is 0.562. The molecule has 2 aromatic carbocycles. The zero-order valence-corrected chi connectivity index (χ0v) is 24.2. The highest BCUT2D eigenvalue weighted by Gasteiger charge is 2.45. The maximum Gasteiger partial charge on any atom is 0.404 e. The number of rotatable bonds is 11. The first kappa shape index (κ1) is 30.9. The van der Waals surface area contributed by atoms with Crippen molar-refractivity contribution in [2.24, 2.45) is 11.8 Å². The summed E-state index contributed by atoms with van der Waals surface area (Å²) in [7, 11) is 1.95. The van der Waals surface area contributed by atoms with Crippen molar-refractivity contribution in [2.45, 2.75) is 63.6 Å². The minimum absolute atomic E-state index is 0.0452. The topological polar surface area (TPSA) is 111 Å². The quantitative estimate of drug-likeness (QED) is 0.296. The fourth-order valence-corrected chi connectivity index (χ4v) is 6.45. The maximum absolute atomic E-state index is 15.6. The first-order chi connectivity index (χ1) is 19.8. The summed E-state index contributed by atoms with van der Waals surface area (Å²) in [4.78, 5) is 26.5. The molecule has 224 valence electrons.